The summed E-state index contributed by atoms with van der Waals surface area (Å²) in [7, 11) is 0. The number of nitrogens with one attached hydrogen (secondary N) is 1. The van der Waals surface area contributed by atoms with Gasteiger partial charge in [-0.3, -0.25) is 10.1 Å². The Morgan fingerprint density at radius 1 is 1.09 bits per heavy atom. The highest BCUT2D eigenvalue weighted by molar-refractivity contribution is 5.55. The number of allylic oxidation sites excluding steroid dienone is 2. The third-order valence-electron chi connectivity index (χ3n) is 4.21. The van der Waals surface area contributed by atoms with Crippen LogP contribution in [0.15, 0.2) is 46.8 Å². The minimum Gasteiger partial charge on any atom is -0.389 e. The molecule has 2 rings (SSSR count). The highest BCUT2D eigenvalue weighted by Crippen LogP contribution is 2.43. The second-order valence-electron chi connectivity index (χ2n) is 5.89. The number of benzene rings is 1. The molecule has 0 bridgehead atoms. The summed E-state index contributed by atoms with van der Waals surface area (Å²) in [5, 5.41) is 35.0. The number of para-hydroxylation sites is 1. The first-order chi connectivity index (χ1) is 10.8. The van der Waals surface area contributed by atoms with Crippen LogP contribution in [0.25, 0.3) is 0 Å². The number of nitrogens with zero attached hydrogens (tertiary/aromatic N) is 1. The van der Waals surface area contributed by atoms with E-state index in [1.165, 1.54) is 6.07 Å². The molecule has 0 fully saturated rings. The van der Waals surface area contributed by atoms with Crippen molar-refractivity contribution in [2.45, 2.75) is 45.8 Å². The van der Waals surface area contributed by atoms with Crippen LogP contribution in [0.1, 0.15) is 39.2 Å². The van der Waals surface area contributed by atoms with Gasteiger partial charge < -0.3 is 15.5 Å². The lowest BCUT2D eigenvalue weighted by atomic mass is 9.76. The van der Waals surface area contributed by atoms with Crippen LogP contribution in [0.3, 0.4) is 0 Å². The standard InChI is InChI=1S/C17H22N2O4/c1-9-15(11(3)20)17(16(12(4)21)10(2)18-9)13-7-5-6-8-14(13)19(22)23/h5-8,11-12,17-18,20-21H,1-4H3. The third kappa shape index (κ3) is 3.13. The van der Waals surface area contributed by atoms with Crippen LogP contribution >= 0.6 is 0 Å². The van der Waals surface area contributed by atoms with Gasteiger partial charge >= 0.3 is 0 Å². The van der Waals surface area contributed by atoms with Gasteiger partial charge in [-0.05, 0) is 38.8 Å². The molecule has 1 heterocycles. The van der Waals surface area contributed by atoms with Gasteiger partial charge in [0, 0.05) is 28.9 Å². The number of hydrogen-bond acceptors (Lipinski definition) is 5. The average Bonchev–Trinajstić information content (AvgIpc) is 2.45. The average molecular weight is 318 g/mol. The van der Waals surface area contributed by atoms with E-state index in [4.69, 9.17) is 0 Å². The second-order valence-corrected chi connectivity index (χ2v) is 5.89. The lowest BCUT2D eigenvalue weighted by molar-refractivity contribution is -0.385. The van der Waals surface area contributed by atoms with E-state index in [1.54, 1.807) is 32.0 Å². The fraction of sp³-hybridized carbons (Fsp3) is 0.412. The third-order valence-corrected chi connectivity index (χ3v) is 4.21. The van der Waals surface area contributed by atoms with Crippen molar-refractivity contribution in [3.05, 3.63) is 62.5 Å². The normalized spacial score (nSPS) is 21.0. The highest BCUT2D eigenvalue weighted by atomic mass is 16.6. The lowest BCUT2D eigenvalue weighted by Gasteiger charge is -2.35. The Morgan fingerprint density at radius 2 is 1.57 bits per heavy atom. The monoisotopic (exact) mass is 318 g/mol. The zero-order valence-corrected chi connectivity index (χ0v) is 13.7. The predicted octanol–water partition coefficient (Wildman–Crippen LogP) is 2.59. The fourth-order valence-electron chi connectivity index (χ4n) is 3.37. The van der Waals surface area contributed by atoms with Crippen LogP contribution in [-0.2, 0) is 0 Å². The van der Waals surface area contributed by atoms with Crippen molar-refractivity contribution in [1.29, 1.82) is 0 Å². The van der Waals surface area contributed by atoms with Crippen molar-refractivity contribution < 1.29 is 15.1 Å². The van der Waals surface area contributed by atoms with Crippen molar-refractivity contribution in [1.82, 2.24) is 5.32 Å². The molecule has 0 radical (unpaired) electrons. The topological polar surface area (TPSA) is 95.6 Å². The molecule has 1 aliphatic heterocycles. The van der Waals surface area contributed by atoms with Crippen LogP contribution in [0.4, 0.5) is 5.69 Å². The zero-order chi connectivity index (χ0) is 17.3. The number of aliphatic hydroxyl groups excluding tert-OH is 2. The van der Waals surface area contributed by atoms with Crippen LogP contribution in [-0.4, -0.2) is 27.3 Å². The van der Waals surface area contributed by atoms with Gasteiger partial charge in [0.15, 0.2) is 0 Å². The molecule has 0 spiro atoms. The predicted molar refractivity (Wildman–Crippen MR) is 87.7 cm³/mol. The van der Waals surface area contributed by atoms with E-state index in [0.29, 0.717) is 16.7 Å². The van der Waals surface area contributed by atoms with Crippen molar-refractivity contribution >= 4 is 5.69 Å². The van der Waals surface area contributed by atoms with Gasteiger partial charge in [-0.15, -0.1) is 0 Å². The minimum absolute atomic E-state index is 0.0173. The van der Waals surface area contributed by atoms with E-state index >= 15 is 0 Å². The molecule has 1 aromatic rings. The summed E-state index contributed by atoms with van der Waals surface area (Å²) in [5.41, 5.74) is 3.25. The molecule has 0 aromatic heterocycles. The van der Waals surface area contributed by atoms with E-state index in [2.05, 4.69) is 5.32 Å². The van der Waals surface area contributed by atoms with Gasteiger partial charge in [0.05, 0.1) is 17.1 Å². The number of hydrogen-bond donors (Lipinski definition) is 3. The van der Waals surface area contributed by atoms with Gasteiger partial charge in [0.25, 0.3) is 5.69 Å². The molecule has 6 heteroatoms. The van der Waals surface area contributed by atoms with Crippen molar-refractivity contribution in [2.24, 2.45) is 0 Å². The summed E-state index contributed by atoms with van der Waals surface area (Å²) < 4.78 is 0. The first kappa shape index (κ1) is 17.2. The summed E-state index contributed by atoms with van der Waals surface area (Å²) >= 11 is 0. The molecule has 3 N–H and O–H groups in total. The van der Waals surface area contributed by atoms with Crippen LogP contribution in [0.5, 0.6) is 0 Å². The molecular weight excluding hydrogens is 296 g/mol. The van der Waals surface area contributed by atoms with E-state index in [-0.39, 0.29) is 5.69 Å². The first-order valence-electron chi connectivity index (χ1n) is 7.53. The summed E-state index contributed by atoms with van der Waals surface area (Å²) in [4.78, 5) is 11.0. The first-order valence-corrected chi connectivity index (χ1v) is 7.53. The maximum atomic E-state index is 11.4. The van der Waals surface area contributed by atoms with Crippen LogP contribution < -0.4 is 5.32 Å². The molecular formula is C17H22N2O4. The lowest BCUT2D eigenvalue weighted by Crippen LogP contribution is -2.32. The zero-order valence-electron chi connectivity index (χ0n) is 13.7. The molecule has 23 heavy (non-hydrogen) atoms. The number of dihydropyridines is 1. The molecule has 1 aliphatic rings. The Labute approximate surface area is 135 Å². The van der Waals surface area contributed by atoms with Gasteiger partial charge in [-0.25, -0.2) is 0 Å². The van der Waals surface area contributed by atoms with Crippen LogP contribution in [0, 0.1) is 10.1 Å². The number of aliphatic hydroxyl groups is 2. The number of rotatable bonds is 4. The number of nitro groups is 1. The SMILES string of the molecule is CC1=C(C(C)O)C(c2ccccc2[N+](=O)[O-])C(C(C)O)=C(C)N1. The van der Waals surface area contributed by atoms with Gasteiger partial charge in [0.2, 0.25) is 0 Å². The molecule has 2 atom stereocenters. The minimum atomic E-state index is -0.797. The van der Waals surface area contributed by atoms with E-state index < -0.39 is 23.0 Å². The Morgan fingerprint density at radius 3 is 2.00 bits per heavy atom. The highest BCUT2D eigenvalue weighted by Gasteiger charge is 2.36. The molecule has 1 aromatic carbocycles. The second kappa shape index (κ2) is 6.52. The van der Waals surface area contributed by atoms with Gasteiger partial charge in [0.1, 0.15) is 0 Å². The fourth-order valence-corrected chi connectivity index (χ4v) is 3.37. The molecule has 124 valence electrons. The summed E-state index contributed by atoms with van der Waals surface area (Å²) in [6.45, 7) is 6.91. The molecule has 6 nitrogen and oxygen atoms in total. The Hall–Kier alpha value is -2.18. The summed E-state index contributed by atoms with van der Waals surface area (Å²) in [6.07, 6.45) is -1.59. The Kier molecular flexibility index (Phi) is 4.87. The largest absolute Gasteiger partial charge is 0.389 e. The Balaban J connectivity index is 2.75. The molecule has 2 unspecified atom stereocenters. The van der Waals surface area contributed by atoms with Crippen molar-refractivity contribution in [3.63, 3.8) is 0 Å². The molecule has 0 saturated carbocycles. The summed E-state index contributed by atoms with van der Waals surface area (Å²) in [6, 6.07) is 6.47. The molecule has 0 amide bonds. The maximum Gasteiger partial charge on any atom is 0.273 e. The van der Waals surface area contributed by atoms with E-state index in [0.717, 1.165) is 11.4 Å². The smallest absolute Gasteiger partial charge is 0.273 e. The molecule has 0 aliphatic carbocycles. The van der Waals surface area contributed by atoms with E-state index in [9.17, 15) is 20.3 Å². The van der Waals surface area contributed by atoms with Gasteiger partial charge in [-0.1, -0.05) is 18.2 Å². The Bertz CT molecular complexity index is 660. The van der Waals surface area contributed by atoms with E-state index in [1.807, 2.05) is 13.8 Å². The molecule has 0 saturated heterocycles. The maximum absolute atomic E-state index is 11.4. The van der Waals surface area contributed by atoms with Crippen molar-refractivity contribution in [3.8, 4) is 0 Å². The number of nitro benzene ring substituents is 1. The van der Waals surface area contributed by atoms with Gasteiger partial charge in [-0.2, -0.15) is 0 Å². The van der Waals surface area contributed by atoms with Crippen molar-refractivity contribution in [2.75, 3.05) is 0 Å². The van der Waals surface area contributed by atoms with Crippen LogP contribution in [0.2, 0.25) is 0 Å². The summed E-state index contributed by atoms with van der Waals surface area (Å²) in [5.74, 6) is -0.530. The quantitative estimate of drug-likeness (QED) is 0.586.